The SMILES string of the molecule is CCCCCCCOc1ccc(-c2cnc(-c3ccc(CC(C=O)NC(=O)c4cc(C(C)(C)C)[nH]n4)cc3)nc2)cc1. The summed E-state index contributed by atoms with van der Waals surface area (Å²) in [5.74, 6) is 1.10. The van der Waals surface area contributed by atoms with Crippen LogP contribution in [0.4, 0.5) is 0 Å². The van der Waals surface area contributed by atoms with Crippen molar-refractivity contribution in [3.05, 3.63) is 83.9 Å². The predicted molar refractivity (Wildman–Crippen MR) is 165 cm³/mol. The lowest BCUT2D eigenvalue weighted by atomic mass is 9.92. The highest BCUT2D eigenvalue weighted by Gasteiger charge is 2.21. The second kappa shape index (κ2) is 14.5. The molecule has 2 aromatic heterocycles. The fraction of sp³-hybridized carbons (Fsp3) is 0.382. The van der Waals surface area contributed by atoms with Gasteiger partial charge in [0, 0.05) is 34.6 Å². The molecule has 1 atom stereocenters. The number of aromatic amines is 1. The minimum atomic E-state index is -0.670. The predicted octanol–water partition coefficient (Wildman–Crippen LogP) is 6.72. The van der Waals surface area contributed by atoms with E-state index >= 15 is 0 Å². The summed E-state index contributed by atoms with van der Waals surface area (Å²) in [5, 5.41) is 9.77. The molecule has 4 aromatic rings. The molecule has 1 amide bonds. The number of nitrogens with one attached hydrogen (secondary N) is 2. The van der Waals surface area contributed by atoms with E-state index in [1.165, 1.54) is 25.7 Å². The molecule has 220 valence electrons. The smallest absolute Gasteiger partial charge is 0.272 e. The summed E-state index contributed by atoms with van der Waals surface area (Å²) in [6, 6.07) is 16.8. The molecule has 0 aliphatic rings. The van der Waals surface area contributed by atoms with E-state index in [9.17, 15) is 9.59 Å². The van der Waals surface area contributed by atoms with Gasteiger partial charge in [-0.3, -0.25) is 9.89 Å². The molecule has 4 rings (SSSR count). The quantitative estimate of drug-likeness (QED) is 0.129. The van der Waals surface area contributed by atoms with Gasteiger partial charge in [-0.15, -0.1) is 0 Å². The third kappa shape index (κ3) is 8.59. The van der Waals surface area contributed by atoms with Gasteiger partial charge in [-0.25, -0.2) is 9.97 Å². The Hall–Kier alpha value is -4.33. The van der Waals surface area contributed by atoms with Crippen LogP contribution < -0.4 is 10.1 Å². The summed E-state index contributed by atoms with van der Waals surface area (Å²) in [7, 11) is 0. The third-order valence-corrected chi connectivity index (χ3v) is 7.12. The van der Waals surface area contributed by atoms with E-state index in [1.54, 1.807) is 6.07 Å². The van der Waals surface area contributed by atoms with E-state index in [-0.39, 0.29) is 17.0 Å². The number of benzene rings is 2. The number of carbonyl (C=O) groups is 2. The lowest BCUT2D eigenvalue weighted by molar-refractivity contribution is -0.109. The zero-order valence-corrected chi connectivity index (χ0v) is 25.0. The lowest BCUT2D eigenvalue weighted by Gasteiger charge is -2.14. The van der Waals surface area contributed by atoms with Gasteiger partial charge in [-0.1, -0.05) is 89.8 Å². The number of hydrogen-bond acceptors (Lipinski definition) is 6. The molecule has 2 N–H and O–H groups in total. The Labute approximate surface area is 248 Å². The zero-order chi connectivity index (χ0) is 30.0. The zero-order valence-electron chi connectivity index (χ0n) is 25.0. The number of H-pyrrole nitrogens is 1. The van der Waals surface area contributed by atoms with Crippen LogP contribution in [0, 0.1) is 0 Å². The largest absolute Gasteiger partial charge is 0.494 e. The molecule has 0 saturated carbocycles. The fourth-order valence-corrected chi connectivity index (χ4v) is 4.51. The van der Waals surface area contributed by atoms with Gasteiger partial charge < -0.3 is 14.8 Å². The van der Waals surface area contributed by atoms with Crippen molar-refractivity contribution in [1.29, 1.82) is 0 Å². The summed E-state index contributed by atoms with van der Waals surface area (Å²) < 4.78 is 5.87. The normalized spacial score (nSPS) is 12.1. The molecule has 2 heterocycles. The Bertz CT molecular complexity index is 1420. The van der Waals surface area contributed by atoms with Gasteiger partial charge in [0.2, 0.25) is 0 Å². The molecule has 0 aliphatic heterocycles. The molecular weight excluding hydrogens is 526 g/mol. The van der Waals surface area contributed by atoms with Gasteiger partial charge in [0.25, 0.3) is 5.91 Å². The van der Waals surface area contributed by atoms with Gasteiger partial charge in [0.1, 0.15) is 17.7 Å². The molecular formula is C34H41N5O3. The summed E-state index contributed by atoms with van der Waals surface area (Å²) in [4.78, 5) is 33.5. The van der Waals surface area contributed by atoms with Crippen LogP contribution in [-0.2, 0) is 16.6 Å². The number of rotatable bonds is 14. The first kappa shape index (κ1) is 30.6. The van der Waals surface area contributed by atoms with Crippen LogP contribution in [0.1, 0.15) is 81.5 Å². The number of carbonyl (C=O) groups excluding carboxylic acids is 2. The average Bonchev–Trinajstić information content (AvgIpc) is 3.51. The molecule has 1 unspecified atom stereocenters. The second-order valence-corrected chi connectivity index (χ2v) is 11.6. The van der Waals surface area contributed by atoms with Gasteiger partial charge in [-0.05, 0) is 42.2 Å². The van der Waals surface area contributed by atoms with Crippen molar-refractivity contribution in [2.24, 2.45) is 0 Å². The third-order valence-electron chi connectivity index (χ3n) is 7.12. The van der Waals surface area contributed by atoms with Gasteiger partial charge in [-0.2, -0.15) is 5.10 Å². The molecule has 42 heavy (non-hydrogen) atoms. The number of aromatic nitrogens is 4. The Morgan fingerprint density at radius 1 is 0.929 bits per heavy atom. The van der Waals surface area contributed by atoms with Crippen LogP contribution in [0.15, 0.2) is 67.0 Å². The Morgan fingerprint density at radius 2 is 1.60 bits per heavy atom. The number of aldehydes is 1. The van der Waals surface area contributed by atoms with Crippen molar-refractivity contribution in [3.8, 4) is 28.3 Å². The van der Waals surface area contributed by atoms with E-state index in [0.29, 0.717) is 12.2 Å². The molecule has 0 bridgehead atoms. The van der Waals surface area contributed by atoms with Crippen molar-refractivity contribution in [1.82, 2.24) is 25.5 Å². The van der Waals surface area contributed by atoms with E-state index in [1.807, 2.05) is 81.7 Å². The van der Waals surface area contributed by atoms with Gasteiger partial charge >= 0.3 is 0 Å². The summed E-state index contributed by atoms with van der Waals surface area (Å²) in [6.07, 6.45) is 10.8. The second-order valence-electron chi connectivity index (χ2n) is 11.6. The monoisotopic (exact) mass is 567 g/mol. The summed E-state index contributed by atoms with van der Waals surface area (Å²) in [6.45, 7) is 9.06. The van der Waals surface area contributed by atoms with E-state index in [4.69, 9.17) is 4.74 Å². The van der Waals surface area contributed by atoms with Crippen LogP contribution >= 0.6 is 0 Å². The highest BCUT2D eigenvalue weighted by Crippen LogP contribution is 2.24. The number of unbranched alkanes of at least 4 members (excludes halogenated alkanes) is 4. The highest BCUT2D eigenvalue weighted by molar-refractivity contribution is 5.94. The first-order valence-electron chi connectivity index (χ1n) is 14.7. The molecule has 8 nitrogen and oxygen atoms in total. The Kier molecular flexibility index (Phi) is 10.6. The minimum Gasteiger partial charge on any atom is -0.494 e. The summed E-state index contributed by atoms with van der Waals surface area (Å²) in [5.41, 5.74) is 4.69. The standard InChI is InChI=1S/C34H41N5O3/c1-5-6-7-8-9-18-42-29-16-14-25(15-17-29)27-21-35-32(36-22-27)26-12-10-24(11-13-26)19-28(23-40)37-33(41)30-20-31(39-38-30)34(2,3)4/h10-17,20-23,28H,5-9,18-19H2,1-4H3,(H,37,41)(H,38,39). The maximum atomic E-state index is 12.6. The van der Waals surface area contributed by atoms with Crippen LogP contribution in [0.3, 0.4) is 0 Å². The van der Waals surface area contributed by atoms with Crippen LogP contribution in [0.5, 0.6) is 5.75 Å². The maximum absolute atomic E-state index is 12.6. The van der Waals surface area contributed by atoms with Crippen molar-refractivity contribution in [3.63, 3.8) is 0 Å². The van der Waals surface area contributed by atoms with Gasteiger partial charge in [0.15, 0.2) is 5.82 Å². The van der Waals surface area contributed by atoms with Crippen LogP contribution in [0.2, 0.25) is 0 Å². The minimum absolute atomic E-state index is 0.158. The molecule has 0 aliphatic carbocycles. The number of ether oxygens (including phenoxy) is 1. The first-order chi connectivity index (χ1) is 20.3. The van der Waals surface area contributed by atoms with E-state index in [0.717, 1.165) is 53.0 Å². The van der Waals surface area contributed by atoms with Crippen molar-refractivity contribution in [2.75, 3.05) is 6.61 Å². The number of hydrogen-bond donors (Lipinski definition) is 2. The van der Waals surface area contributed by atoms with Gasteiger partial charge in [0.05, 0.1) is 12.6 Å². The van der Waals surface area contributed by atoms with Crippen molar-refractivity contribution >= 4 is 12.2 Å². The highest BCUT2D eigenvalue weighted by atomic mass is 16.5. The lowest BCUT2D eigenvalue weighted by Crippen LogP contribution is -2.37. The Morgan fingerprint density at radius 3 is 2.21 bits per heavy atom. The Balaban J connectivity index is 1.30. The van der Waals surface area contributed by atoms with Crippen molar-refractivity contribution in [2.45, 2.75) is 77.7 Å². The number of nitrogens with zero attached hydrogens (tertiary/aromatic N) is 3. The average molecular weight is 568 g/mol. The maximum Gasteiger partial charge on any atom is 0.272 e. The van der Waals surface area contributed by atoms with Crippen LogP contribution in [0.25, 0.3) is 22.5 Å². The van der Waals surface area contributed by atoms with Crippen molar-refractivity contribution < 1.29 is 14.3 Å². The molecule has 0 radical (unpaired) electrons. The number of amides is 1. The molecule has 8 heteroatoms. The van der Waals surface area contributed by atoms with E-state index in [2.05, 4.69) is 32.4 Å². The summed E-state index contributed by atoms with van der Waals surface area (Å²) >= 11 is 0. The molecule has 0 saturated heterocycles. The topological polar surface area (TPSA) is 110 Å². The fourth-order valence-electron chi connectivity index (χ4n) is 4.51. The van der Waals surface area contributed by atoms with E-state index < -0.39 is 6.04 Å². The molecule has 0 spiro atoms. The first-order valence-corrected chi connectivity index (χ1v) is 14.7. The molecule has 0 fully saturated rings. The molecule has 2 aromatic carbocycles. The van der Waals surface area contributed by atoms with Crippen LogP contribution in [-0.4, -0.2) is 45.0 Å².